The van der Waals surface area contributed by atoms with Crippen molar-refractivity contribution < 1.29 is 9.59 Å². The highest BCUT2D eigenvalue weighted by Crippen LogP contribution is 2.51. The fraction of sp³-hybridized carbons (Fsp3) is 0.667. The van der Waals surface area contributed by atoms with Gasteiger partial charge in [-0.2, -0.15) is 0 Å². The molecule has 1 rings (SSSR count). The molecule has 4 N–H and O–H groups in total. The van der Waals surface area contributed by atoms with Crippen LogP contribution in [0.5, 0.6) is 0 Å². The van der Waals surface area contributed by atoms with Crippen molar-refractivity contribution in [2.24, 2.45) is 22.8 Å². The summed E-state index contributed by atoms with van der Waals surface area (Å²) in [7, 11) is 0. The Labute approximate surface area is 58.6 Å². The van der Waals surface area contributed by atoms with E-state index in [-0.39, 0.29) is 5.92 Å². The first-order valence-corrected chi connectivity index (χ1v) is 3.07. The predicted molar refractivity (Wildman–Crippen MR) is 34.6 cm³/mol. The van der Waals surface area contributed by atoms with E-state index in [1.165, 1.54) is 0 Å². The summed E-state index contributed by atoms with van der Waals surface area (Å²) in [6.45, 7) is 1.66. The third kappa shape index (κ3) is 0.761. The van der Waals surface area contributed by atoms with Crippen molar-refractivity contribution in [1.82, 2.24) is 0 Å². The molecule has 2 atom stereocenters. The molecule has 2 amide bonds. The number of rotatable bonds is 2. The molecule has 0 spiro atoms. The third-order valence-electron chi connectivity index (χ3n) is 2.14. The molecule has 0 heterocycles. The minimum absolute atomic E-state index is 0.329. The number of carbonyl (C=O) groups excluding carboxylic acids is 2. The van der Waals surface area contributed by atoms with Crippen LogP contribution in [0.3, 0.4) is 0 Å². The lowest BCUT2D eigenvalue weighted by Crippen LogP contribution is -2.28. The molecule has 0 unspecified atom stereocenters. The number of carbonyl (C=O) groups is 2. The van der Waals surface area contributed by atoms with Crippen LogP contribution in [0.2, 0.25) is 0 Å². The van der Waals surface area contributed by atoms with Crippen molar-refractivity contribution in [3.05, 3.63) is 0 Å². The quantitative estimate of drug-likeness (QED) is 0.517. The van der Waals surface area contributed by atoms with Crippen LogP contribution in [-0.4, -0.2) is 11.8 Å². The zero-order chi connectivity index (χ0) is 7.94. The van der Waals surface area contributed by atoms with E-state index in [1.54, 1.807) is 6.92 Å². The lowest BCUT2D eigenvalue weighted by molar-refractivity contribution is -0.127. The SMILES string of the molecule is C[C@@]1(C(N)=O)C[C@H]1C(N)=O. The van der Waals surface area contributed by atoms with E-state index >= 15 is 0 Å². The van der Waals surface area contributed by atoms with Crippen LogP contribution < -0.4 is 11.5 Å². The summed E-state index contributed by atoms with van der Waals surface area (Å²) in [5.41, 5.74) is 9.33. The van der Waals surface area contributed by atoms with Crippen LogP contribution >= 0.6 is 0 Å². The largest absolute Gasteiger partial charge is 0.369 e. The second-order valence-corrected chi connectivity index (χ2v) is 2.94. The van der Waals surface area contributed by atoms with Gasteiger partial charge in [-0.25, -0.2) is 0 Å². The van der Waals surface area contributed by atoms with Gasteiger partial charge in [0.25, 0.3) is 0 Å². The van der Waals surface area contributed by atoms with E-state index in [2.05, 4.69) is 0 Å². The third-order valence-corrected chi connectivity index (χ3v) is 2.14. The molecule has 0 aromatic rings. The number of hydrogen-bond acceptors (Lipinski definition) is 2. The lowest BCUT2D eigenvalue weighted by Gasteiger charge is -2.01. The van der Waals surface area contributed by atoms with Crippen LogP contribution in [-0.2, 0) is 9.59 Å². The van der Waals surface area contributed by atoms with Crippen LogP contribution in [0.25, 0.3) is 0 Å². The second kappa shape index (κ2) is 1.71. The van der Waals surface area contributed by atoms with Gasteiger partial charge in [0.05, 0.1) is 11.3 Å². The van der Waals surface area contributed by atoms with Gasteiger partial charge in [-0.15, -0.1) is 0 Å². The molecule has 0 aromatic heterocycles. The van der Waals surface area contributed by atoms with Crippen LogP contribution in [0, 0.1) is 11.3 Å². The van der Waals surface area contributed by atoms with Crippen LogP contribution in [0.15, 0.2) is 0 Å². The normalized spacial score (nSPS) is 37.1. The Morgan fingerprint density at radius 2 is 2.00 bits per heavy atom. The topological polar surface area (TPSA) is 86.2 Å². The highest BCUT2D eigenvalue weighted by Gasteiger charge is 2.58. The fourth-order valence-electron chi connectivity index (χ4n) is 1.05. The van der Waals surface area contributed by atoms with Crippen molar-refractivity contribution in [3.63, 3.8) is 0 Å². The Balaban J connectivity index is 2.65. The lowest BCUT2D eigenvalue weighted by atomic mass is 10.1. The average Bonchev–Trinajstić information content (AvgIpc) is 2.43. The highest BCUT2D eigenvalue weighted by molar-refractivity contribution is 5.94. The maximum Gasteiger partial charge on any atom is 0.224 e. The molecule has 1 aliphatic rings. The molecule has 10 heavy (non-hydrogen) atoms. The zero-order valence-corrected chi connectivity index (χ0v) is 5.76. The molecule has 0 radical (unpaired) electrons. The van der Waals surface area contributed by atoms with Gasteiger partial charge in [-0.3, -0.25) is 9.59 Å². The van der Waals surface area contributed by atoms with Gasteiger partial charge >= 0.3 is 0 Å². The molecule has 0 saturated heterocycles. The van der Waals surface area contributed by atoms with E-state index in [0.29, 0.717) is 6.42 Å². The van der Waals surface area contributed by atoms with E-state index in [9.17, 15) is 9.59 Å². The molecular formula is C6H10N2O2. The van der Waals surface area contributed by atoms with Gasteiger partial charge in [-0.1, -0.05) is 0 Å². The van der Waals surface area contributed by atoms with Crippen molar-refractivity contribution in [3.8, 4) is 0 Å². The van der Waals surface area contributed by atoms with Gasteiger partial charge in [-0.05, 0) is 13.3 Å². The van der Waals surface area contributed by atoms with E-state index in [0.717, 1.165) is 0 Å². The van der Waals surface area contributed by atoms with Gasteiger partial charge < -0.3 is 11.5 Å². The van der Waals surface area contributed by atoms with Crippen molar-refractivity contribution in [2.45, 2.75) is 13.3 Å². The van der Waals surface area contributed by atoms with Crippen molar-refractivity contribution in [2.75, 3.05) is 0 Å². The zero-order valence-electron chi connectivity index (χ0n) is 5.76. The van der Waals surface area contributed by atoms with Crippen molar-refractivity contribution in [1.29, 1.82) is 0 Å². The summed E-state index contributed by atoms with van der Waals surface area (Å²) in [5.74, 6) is -1.19. The Bertz CT molecular complexity index is 202. The van der Waals surface area contributed by atoms with Crippen molar-refractivity contribution >= 4 is 11.8 Å². The molecule has 4 nitrogen and oxygen atoms in total. The Hall–Kier alpha value is -1.06. The minimum atomic E-state index is -0.647. The molecule has 56 valence electrons. The number of nitrogens with two attached hydrogens (primary N) is 2. The molecule has 0 aromatic carbocycles. The molecule has 1 saturated carbocycles. The molecule has 0 aliphatic heterocycles. The fourth-order valence-corrected chi connectivity index (χ4v) is 1.05. The Morgan fingerprint density at radius 3 is 2.10 bits per heavy atom. The predicted octanol–water partition coefficient (Wildman–Crippen LogP) is -1.02. The maximum atomic E-state index is 10.6. The first-order valence-electron chi connectivity index (χ1n) is 3.07. The Morgan fingerprint density at radius 1 is 1.50 bits per heavy atom. The Kier molecular flexibility index (Phi) is 1.21. The summed E-state index contributed by atoms with van der Waals surface area (Å²) in [6, 6.07) is 0. The number of hydrogen-bond donors (Lipinski definition) is 2. The first kappa shape index (κ1) is 7.05. The molecule has 0 bridgehead atoms. The summed E-state index contributed by atoms with van der Waals surface area (Å²) >= 11 is 0. The van der Waals surface area contributed by atoms with E-state index in [1.807, 2.05) is 0 Å². The smallest absolute Gasteiger partial charge is 0.224 e. The number of primary amides is 2. The summed E-state index contributed by atoms with van der Waals surface area (Å²) in [4.78, 5) is 21.1. The summed E-state index contributed by atoms with van der Waals surface area (Å²) < 4.78 is 0. The first-order chi connectivity index (χ1) is 4.48. The van der Waals surface area contributed by atoms with Gasteiger partial charge in [0.15, 0.2) is 0 Å². The number of amides is 2. The van der Waals surface area contributed by atoms with Crippen LogP contribution in [0.1, 0.15) is 13.3 Å². The molecular weight excluding hydrogens is 132 g/mol. The summed E-state index contributed by atoms with van der Waals surface area (Å²) in [5, 5.41) is 0. The monoisotopic (exact) mass is 142 g/mol. The second-order valence-electron chi connectivity index (χ2n) is 2.94. The van der Waals surface area contributed by atoms with Gasteiger partial charge in [0, 0.05) is 0 Å². The van der Waals surface area contributed by atoms with Crippen LogP contribution in [0.4, 0.5) is 0 Å². The molecule has 1 fully saturated rings. The average molecular weight is 142 g/mol. The van der Waals surface area contributed by atoms with Gasteiger partial charge in [0.1, 0.15) is 0 Å². The molecule has 1 aliphatic carbocycles. The molecule has 4 heteroatoms. The maximum absolute atomic E-state index is 10.6. The van der Waals surface area contributed by atoms with Gasteiger partial charge in [0.2, 0.25) is 11.8 Å². The van der Waals surface area contributed by atoms with E-state index < -0.39 is 17.2 Å². The standard InChI is InChI=1S/C6H10N2O2/c1-6(5(8)10)2-3(6)4(7)9/h3H,2H2,1H3,(H2,7,9)(H2,8,10)/t3-,6+/m0/s1. The minimum Gasteiger partial charge on any atom is -0.369 e. The summed E-state index contributed by atoms with van der Waals surface area (Å²) in [6.07, 6.45) is 0.512. The highest BCUT2D eigenvalue weighted by atomic mass is 16.2. The van der Waals surface area contributed by atoms with E-state index in [4.69, 9.17) is 11.5 Å².